The van der Waals surface area contributed by atoms with E-state index in [9.17, 15) is 4.79 Å². The number of benzene rings is 1. The van der Waals surface area contributed by atoms with Crippen LogP contribution in [0.5, 0.6) is 5.75 Å². The summed E-state index contributed by atoms with van der Waals surface area (Å²) in [5.41, 5.74) is 1.23. The third kappa shape index (κ3) is 8.74. The minimum atomic E-state index is -0.00529. The summed E-state index contributed by atoms with van der Waals surface area (Å²) in [5, 5.41) is 3.49. The Hall–Kier alpha value is -1.59. The van der Waals surface area contributed by atoms with E-state index in [4.69, 9.17) is 9.47 Å². The number of nitrogens with one attached hydrogen (secondary N) is 1. The first kappa shape index (κ1) is 28.4. The van der Waals surface area contributed by atoms with Gasteiger partial charge in [-0.25, -0.2) is 4.99 Å². The van der Waals surface area contributed by atoms with Crippen molar-refractivity contribution in [2.75, 3.05) is 67.6 Å². The van der Waals surface area contributed by atoms with Gasteiger partial charge in [0.05, 0.1) is 13.7 Å². The van der Waals surface area contributed by atoms with Crippen LogP contribution < -0.4 is 10.1 Å². The zero-order chi connectivity index (χ0) is 22.8. The van der Waals surface area contributed by atoms with E-state index in [-0.39, 0.29) is 36.4 Å². The molecule has 0 aliphatic carbocycles. The Morgan fingerprint density at radius 3 is 2.31 bits per heavy atom. The number of carbonyl (C=O) groups excluding carboxylic acids is 1. The molecule has 1 aliphatic rings. The van der Waals surface area contributed by atoms with E-state index in [1.165, 1.54) is 5.56 Å². The number of guanidine groups is 1. The third-order valence-corrected chi connectivity index (χ3v) is 5.67. The van der Waals surface area contributed by atoms with Gasteiger partial charge in [-0.2, -0.15) is 0 Å². The molecule has 2 unspecified atom stereocenters. The predicted octanol–water partition coefficient (Wildman–Crippen LogP) is 1.93. The number of ether oxygens (including phenoxy) is 2. The molecule has 2 atom stereocenters. The second-order valence-corrected chi connectivity index (χ2v) is 8.29. The van der Waals surface area contributed by atoms with Crippen molar-refractivity contribution in [3.05, 3.63) is 29.8 Å². The molecule has 182 valence electrons. The van der Waals surface area contributed by atoms with Crippen LogP contribution in [0.4, 0.5) is 0 Å². The lowest BCUT2D eigenvalue weighted by atomic mass is 10.1. The molecule has 1 aliphatic heterocycles. The highest BCUT2D eigenvalue weighted by Crippen LogP contribution is 2.16. The molecule has 0 saturated carbocycles. The molecule has 9 heteroatoms. The fourth-order valence-electron chi connectivity index (χ4n) is 3.83. The summed E-state index contributed by atoms with van der Waals surface area (Å²) in [6.07, 6.45) is 0.865. The zero-order valence-corrected chi connectivity index (χ0v) is 22.7. The van der Waals surface area contributed by atoms with Crippen molar-refractivity contribution >= 4 is 35.8 Å². The topological polar surface area (TPSA) is 69.6 Å². The van der Waals surface area contributed by atoms with E-state index in [0.29, 0.717) is 12.1 Å². The number of aliphatic imine (C=N–C) groups is 1. The van der Waals surface area contributed by atoms with Gasteiger partial charge in [0, 0.05) is 59.5 Å². The highest BCUT2D eigenvalue weighted by molar-refractivity contribution is 14.0. The molecule has 1 aromatic carbocycles. The van der Waals surface area contributed by atoms with Crippen LogP contribution in [0, 0.1) is 0 Å². The number of likely N-dealkylation sites (N-methyl/N-ethyl adjacent to an activating group) is 1. The molecule has 0 aromatic heterocycles. The van der Waals surface area contributed by atoms with Gasteiger partial charge < -0.3 is 24.6 Å². The molecular formula is C23H40IN5O3. The van der Waals surface area contributed by atoms with E-state index < -0.39 is 0 Å². The molecule has 1 N–H and O–H groups in total. The van der Waals surface area contributed by atoms with Crippen molar-refractivity contribution < 1.29 is 14.3 Å². The van der Waals surface area contributed by atoms with Gasteiger partial charge in [-0.05, 0) is 38.0 Å². The minimum Gasteiger partial charge on any atom is -0.497 e. The van der Waals surface area contributed by atoms with Crippen LogP contribution in [0.1, 0.15) is 19.4 Å². The summed E-state index contributed by atoms with van der Waals surface area (Å²) in [7, 11) is 6.93. The first-order chi connectivity index (χ1) is 14.8. The molecule has 0 radical (unpaired) electrons. The lowest BCUT2D eigenvalue weighted by Crippen LogP contribution is -2.60. The molecular weight excluding hydrogens is 521 g/mol. The Morgan fingerprint density at radius 1 is 1.16 bits per heavy atom. The summed E-state index contributed by atoms with van der Waals surface area (Å²) in [6.45, 7) is 8.72. The smallest absolute Gasteiger partial charge is 0.243 e. The number of rotatable bonds is 9. The maximum absolute atomic E-state index is 12.1. The van der Waals surface area contributed by atoms with Crippen molar-refractivity contribution in [3.8, 4) is 5.75 Å². The second-order valence-electron chi connectivity index (χ2n) is 8.29. The summed E-state index contributed by atoms with van der Waals surface area (Å²) in [6, 6.07) is 8.84. The number of amides is 1. The SMILES string of the molecule is COCCN1C(C)CN(C(=NCC(=O)N(C)C)NCCc2ccc(OC)cc2)CC1C.I. The molecule has 0 bridgehead atoms. The van der Waals surface area contributed by atoms with Crippen LogP contribution in [0.25, 0.3) is 0 Å². The van der Waals surface area contributed by atoms with Crippen LogP contribution in [-0.4, -0.2) is 106 Å². The van der Waals surface area contributed by atoms with Gasteiger partial charge in [0.15, 0.2) is 5.96 Å². The van der Waals surface area contributed by atoms with Crippen LogP contribution in [0.15, 0.2) is 29.3 Å². The quantitative estimate of drug-likeness (QED) is 0.283. The predicted molar refractivity (Wildman–Crippen MR) is 140 cm³/mol. The number of piperazine rings is 1. The Morgan fingerprint density at radius 2 is 1.78 bits per heavy atom. The van der Waals surface area contributed by atoms with Crippen molar-refractivity contribution in [2.24, 2.45) is 4.99 Å². The standard InChI is InChI=1S/C23H39N5O3.HI/c1-18-16-27(17-19(2)28(18)13-14-30-5)23(25-15-22(29)26(3)4)24-12-11-20-7-9-21(31-6)10-8-20;/h7-10,18-19H,11-17H2,1-6H3,(H,24,25);1H. The summed E-state index contributed by atoms with van der Waals surface area (Å²) in [5.74, 6) is 1.65. The Balaban J connectivity index is 0.00000512. The highest BCUT2D eigenvalue weighted by Gasteiger charge is 2.30. The number of hydrogen-bond acceptors (Lipinski definition) is 5. The third-order valence-electron chi connectivity index (χ3n) is 5.67. The number of hydrogen-bond donors (Lipinski definition) is 1. The largest absolute Gasteiger partial charge is 0.497 e. The lowest BCUT2D eigenvalue weighted by Gasteiger charge is -2.45. The van der Waals surface area contributed by atoms with Crippen LogP contribution >= 0.6 is 24.0 Å². The number of nitrogens with zero attached hydrogens (tertiary/aromatic N) is 4. The fraction of sp³-hybridized carbons (Fsp3) is 0.652. The molecule has 32 heavy (non-hydrogen) atoms. The van der Waals surface area contributed by atoms with Crippen LogP contribution in [0.3, 0.4) is 0 Å². The normalized spacial score (nSPS) is 19.3. The number of halogens is 1. The van der Waals surface area contributed by atoms with Gasteiger partial charge in [0.2, 0.25) is 5.91 Å². The maximum Gasteiger partial charge on any atom is 0.243 e. The van der Waals surface area contributed by atoms with E-state index in [2.05, 4.69) is 46.1 Å². The summed E-state index contributed by atoms with van der Waals surface area (Å²) >= 11 is 0. The van der Waals surface area contributed by atoms with Gasteiger partial charge in [-0.1, -0.05) is 12.1 Å². The van der Waals surface area contributed by atoms with E-state index in [1.807, 2.05) is 12.1 Å². The second kappa shape index (κ2) is 14.5. The van der Waals surface area contributed by atoms with E-state index in [0.717, 1.165) is 50.9 Å². The lowest BCUT2D eigenvalue weighted by molar-refractivity contribution is -0.127. The van der Waals surface area contributed by atoms with Gasteiger partial charge in [-0.3, -0.25) is 9.69 Å². The van der Waals surface area contributed by atoms with Crippen LogP contribution in [-0.2, 0) is 16.0 Å². The molecule has 1 amide bonds. The van der Waals surface area contributed by atoms with E-state index >= 15 is 0 Å². The van der Waals surface area contributed by atoms with Crippen molar-refractivity contribution in [1.29, 1.82) is 0 Å². The summed E-state index contributed by atoms with van der Waals surface area (Å²) in [4.78, 5) is 23.1. The van der Waals surface area contributed by atoms with Crippen molar-refractivity contribution in [1.82, 2.24) is 20.0 Å². The average Bonchev–Trinajstić information content (AvgIpc) is 2.75. The van der Waals surface area contributed by atoms with Gasteiger partial charge in [0.1, 0.15) is 12.3 Å². The molecule has 1 fully saturated rings. The number of carbonyl (C=O) groups is 1. The number of methoxy groups -OCH3 is 2. The molecule has 1 heterocycles. The molecule has 1 saturated heterocycles. The first-order valence-electron chi connectivity index (χ1n) is 11.0. The van der Waals surface area contributed by atoms with Gasteiger partial charge in [-0.15, -0.1) is 24.0 Å². The maximum atomic E-state index is 12.1. The van der Waals surface area contributed by atoms with Crippen LogP contribution in [0.2, 0.25) is 0 Å². The van der Waals surface area contributed by atoms with E-state index in [1.54, 1.807) is 33.2 Å². The molecule has 1 aromatic rings. The van der Waals surface area contributed by atoms with Crippen molar-refractivity contribution in [3.63, 3.8) is 0 Å². The average molecular weight is 562 g/mol. The van der Waals surface area contributed by atoms with Crippen molar-refractivity contribution in [2.45, 2.75) is 32.4 Å². The molecule has 8 nitrogen and oxygen atoms in total. The fourth-order valence-corrected chi connectivity index (χ4v) is 3.83. The Kier molecular flexibility index (Phi) is 12.9. The monoisotopic (exact) mass is 561 g/mol. The molecule has 0 spiro atoms. The Labute approximate surface area is 210 Å². The van der Waals surface area contributed by atoms with Gasteiger partial charge in [0.25, 0.3) is 0 Å². The summed E-state index contributed by atoms with van der Waals surface area (Å²) < 4.78 is 10.5. The highest BCUT2D eigenvalue weighted by atomic mass is 127. The Bertz CT molecular complexity index is 702. The first-order valence-corrected chi connectivity index (χ1v) is 11.0. The van der Waals surface area contributed by atoms with Gasteiger partial charge >= 0.3 is 0 Å². The minimum absolute atomic E-state index is 0. The zero-order valence-electron chi connectivity index (χ0n) is 20.3. The molecule has 2 rings (SSSR count).